The number of rotatable bonds is 6. The Hall–Kier alpha value is -0.900. The molecule has 0 aromatic carbocycles. The van der Waals surface area contributed by atoms with Crippen molar-refractivity contribution < 1.29 is 30.3 Å². The number of aliphatic hydroxyl groups excluding tert-OH is 5. The fourth-order valence-corrected chi connectivity index (χ4v) is 2.11. The van der Waals surface area contributed by atoms with Crippen LogP contribution in [0, 0.1) is 0 Å². The second kappa shape index (κ2) is 6.32. The van der Waals surface area contributed by atoms with Gasteiger partial charge in [-0.1, -0.05) is 0 Å². The minimum Gasteiger partial charge on any atom is -0.394 e. The van der Waals surface area contributed by atoms with Gasteiger partial charge < -0.3 is 25.5 Å². The van der Waals surface area contributed by atoms with E-state index in [2.05, 4.69) is 4.98 Å². The fraction of sp³-hybridized carbons (Fsp3) is 0.600. The SMILES string of the molecule is CC(=O)c1ncc(C(O)C(O)C(O)C(O)CO)s1. The van der Waals surface area contributed by atoms with E-state index in [0.29, 0.717) is 0 Å². The van der Waals surface area contributed by atoms with E-state index >= 15 is 0 Å². The number of aliphatic hydroxyl groups is 5. The first kappa shape index (κ1) is 15.2. The van der Waals surface area contributed by atoms with E-state index < -0.39 is 31.0 Å². The van der Waals surface area contributed by atoms with Crippen LogP contribution in [-0.4, -0.2) is 61.2 Å². The van der Waals surface area contributed by atoms with E-state index in [1.54, 1.807) is 0 Å². The van der Waals surface area contributed by atoms with Crippen LogP contribution >= 0.6 is 11.3 Å². The molecule has 1 heterocycles. The largest absolute Gasteiger partial charge is 0.394 e. The van der Waals surface area contributed by atoms with E-state index in [0.717, 1.165) is 11.3 Å². The summed E-state index contributed by atoms with van der Waals surface area (Å²) in [6.07, 6.45) is -5.23. The fourth-order valence-electron chi connectivity index (χ4n) is 1.28. The zero-order valence-electron chi connectivity index (χ0n) is 9.59. The molecule has 4 atom stereocenters. The summed E-state index contributed by atoms with van der Waals surface area (Å²) in [7, 11) is 0. The number of aromatic nitrogens is 1. The van der Waals surface area contributed by atoms with Gasteiger partial charge in [-0.15, -0.1) is 11.3 Å². The number of carbonyl (C=O) groups is 1. The number of hydrogen-bond acceptors (Lipinski definition) is 8. The molecule has 102 valence electrons. The monoisotopic (exact) mass is 277 g/mol. The van der Waals surface area contributed by atoms with Crippen LogP contribution < -0.4 is 0 Å². The van der Waals surface area contributed by atoms with Crippen molar-refractivity contribution in [1.82, 2.24) is 4.98 Å². The highest BCUT2D eigenvalue weighted by molar-refractivity contribution is 7.13. The molecule has 0 aliphatic heterocycles. The molecule has 0 amide bonds. The van der Waals surface area contributed by atoms with Crippen LogP contribution in [0.2, 0.25) is 0 Å². The number of nitrogens with zero attached hydrogens (tertiary/aromatic N) is 1. The van der Waals surface area contributed by atoms with Crippen LogP contribution in [0.3, 0.4) is 0 Å². The van der Waals surface area contributed by atoms with Gasteiger partial charge in [0.1, 0.15) is 24.4 Å². The predicted molar refractivity (Wildman–Crippen MR) is 62.2 cm³/mol. The third-order valence-electron chi connectivity index (χ3n) is 2.37. The lowest BCUT2D eigenvalue weighted by Crippen LogP contribution is -2.42. The van der Waals surface area contributed by atoms with E-state index in [-0.39, 0.29) is 15.7 Å². The maximum Gasteiger partial charge on any atom is 0.188 e. The predicted octanol–water partition coefficient (Wildman–Crippen LogP) is -1.55. The first-order valence-electron chi connectivity index (χ1n) is 5.18. The highest BCUT2D eigenvalue weighted by atomic mass is 32.1. The summed E-state index contributed by atoms with van der Waals surface area (Å²) in [4.78, 5) is 15.0. The van der Waals surface area contributed by atoms with Crippen LogP contribution in [0.15, 0.2) is 6.20 Å². The van der Waals surface area contributed by atoms with Crippen molar-refractivity contribution in [3.8, 4) is 0 Å². The lowest BCUT2D eigenvalue weighted by molar-refractivity contribution is -0.115. The Labute approximate surface area is 107 Å². The number of hydrogen-bond donors (Lipinski definition) is 5. The summed E-state index contributed by atoms with van der Waals surface area (Å²) in [5.41, 5.74) is 0. The molecule has 8 heteroatoms. The van der Waals surface area contributed by atoms with Gasteiger partial charge in [-0.2, -0.15) is 0 Å². The van der Waals surface area contributed by atoms with Crippen molar-refractivity contribution >= 4 is 17.1 Å². The highest BCUT2D eigenvalue weighted by Gasteiger charge is 2.32. The summed E-state index contributed by atoms with van der Waals surface area (Å²) < 4.78 is 0. The Balaban J connectivity index is 2.79. The molecule has 1 aromatic rings. The maximum atomic E-state index is 11.0. The molecule has 0 fully saturated rings. The van der Waals surface area contributed by atoms with E-state index in [4.69, 9.17) is 10.2 Å². The first-order valence-corrected chi connectivity index (χ1v) is 6.00. The average molecular weight is 277 g/mol. The van der Waals surface area contributed by atoms with Crippen molar-refractivity contribution in [3.05, 3.63) is 16.1 Å². The first-order chi connectivity index (χ1) is 8.38. The van der Waals surface area contributed by atoms with Crippen LogP contribution in [0.25, 0.3) is 0 Å². The summed E-state index contributed by atoms with van der Waals surface area (Å²) in [5, 5.41) is 46.7. The third kappa shape index (κ3) is 3.31. The molecule has 1 aromatic heterocycles. The van der Waals surface area contributed by atoms with Gasteiger partial charge in [-0.3, -0.25) is 4.79 Å². The highest BCUT2D eigenvalue weighted by Crippen LogP contribution is 2.25. The summed E-state index contributed by atoms with van der Waals surface area (Å²) in [6, 6.07) is 0. The summed E-state index contributed by atoms with van der Waals surface area (Å²) in [6.45, 7) is 0.572. The quantitative estimate of drug-likeness (QED) is 0.398. The number of ketones is 1. The molecule has 0 bridgehead atoms. The van der Waals surface area contributed by atoms with E-state index in [1.165, 1.54) is 13.1 Å². The molecule has 0 saturated heterocycles. The Bertz CT molecular complexity index is 409. The molecular formula is C10H15NO6S. The van der Waals surface area contributed by atoms with Gasteiger partial charge in [0.15, 0.2) is 10.8 Å². The molecule has 1 rings (SSSR count). The molecule has 0 aliphatic rings. The van der Waals surface area contributed by atoms with Gasteiger partial charge >= 0.3 is 0 Å². The van der Waals surface area contributed by atoms with Crippen LogP contribution in [0.4, 0.5) is 0 Å². The molecule has 18 heavy (non-hydrogen) atoms. The zero-order valence-corrected chi connectivity index (χ0v) is 10.4. The molecule has 7 nitrogen and oxygen atoms in total. The van der Waals surface area contributed by atoms with Gasteiger partial charge in [-0.05, 0) is 0 Å². The van der Waals surface area contributed by atoms with Gasteiger partial charge in [0.25, 0.3) is 0 Å². The topological polar surface area (TPSA) is 131 Å². The van der Waals surface area contributed by atoms with Crippen molar-refractivity contribution in [1.29, 1.82) is 0 Å². The van der Waals surface area contributed by atoms with Gasteiger partial charge in [0, 0.05) is 13.1 Å². The van der Waals surface area contributed by atoms with E-state index in [9.17, 15) is 20.1 Å². The Morgan fingerprint density at radius 3 is 2.39 bits per heavy atom. The maximum absolute atomic E-state index is 11.0. The summed E-state index contributed by atoms with van der Waals surface area (Å²) >= 11 is 0.888. The average Bonchev–Trinajstić information content (AvgIpc) is 2.84. The number of carbonyl (C=O) groups excluding carboxylic acids is 1. The molecule has 0 spiro atoms. The zero-order chi connectivity index (χ0) is 13.9. The number of thiazole rings is 1. The van der Waals surface area contributed by atoms with Crippen molar-refractivity contribution in [2.45, 2.75) is 31.3 Å². The molecule has 0 radical (unpaired) electrons. The van der Waals surface area contributed by atoms with Gasteiger partial charge in [0.2, 0.25) is 0 Å². The third-order valence-corrected chi connectivity index (χ3v) is 3.54. The summed E-state index contributed by atoms with van der Waals surface area (Å²) in [5.74, 6) is -0.274. The van der Waals surface area contributed by atoms with Crippen LogP contribution in [-0.2, 0) is 0 Å². The molecule has 0 saturated carbocycles. The van der Waals surface area contributed by atoms with Crippen LogP contribution in [0.1, 0.15) is 27.7 Å². The Morgan fingerprint density at radius 1 is 1.33 bits per heavy atom. The standard InChI is InChI=1S/C10H15NO6S/c1-4(13)10-11-2-6(18-10)8(16)9(17)7(15)5(14)3-12/h2,5,7-9,12,14-17H,3H2,1H3. The Morgan fingerprint density at radius 2 is 1.94 bits per heavy atom. The van der Waals surface area contributed by atoms with Gasteiger partial charge in [0.05, 0.1) is 11.5 Å². The second-order valence-electron chi connectivity index (χ2n) is 3.80. The van der Waals surface area contributed by atoms with Crippen LogP contribution in [0.5, 0.6) is 0 Å². The lowest BCUT2D eigenvalue weighted by Gasteiger charge is -2.24. The minimum absolute atomic E-state index is 0.174. The van der Waals surface area contributed by atoms with Crippen molar-refractivity contribution in [3.63, 3.8) is 0 Å². The van der Waals surface area contributed by atoms with Gasteiger partial charge in [-0.25, -0.2) is 4.98 Å². The van der Waals surface area contributed by atoms with E-state index in [1.807, 2.05) is 0 Å². The normalized spacial score (nSPS) is 18.1. The molecule has 5 N–H and O–H groups in total. The number of Topliss-reactive ketones (excluding diaryl/α,β-unsaturated/α-hetero) is 1. The Kier molecular flexibility index (Phi) is 5.32. The van der Waals surface area contributed by atoms with Crippen molar-refractivity contribution in [2.24, 2.45) is 0 Å². The minimum atomic E-state index is -1.70. The second-order valence-corrected chi connectivity index (χ2v) is 4.86. The smallest absolute Gasteiger partial charge is 0.188 e. The molecule has 0 aliphatic carbocycles. The lowest BCUT2D eigenvalue weighted by atomic mass is 10.0. The van der Waals surface area contributed by atoms with Crippen molar-refractivity contribution in [2.75, 3.05) is 6.61 Å². The molecule has 4 unspecified atom stereocenters. The molecular weight excluding hydrogens is 262 g/mol.